The largest absolute Gasteiger partial charge is 0.310 e. The van der Waals surface area contributed by atoms with Crippen LogP contribution in [0.3, 0.4) is 0 Å². The van der Waals surface area contributed by atoms with Crippen molar-refractivity contribution in [2.75, 3.05) is 4.90 Å². The summed E-state index contributed by atoms with van der Waals surface area (Å²) >= 11 is 0. The molecule has 0 saturated heterocycles. The minimum absolute atomic E-state index is 0.228. The molecule has 0 radical (unpaired) electrons. The van der Waals surface area contributed by atoms with Crippen LogP contribution in [0.2, 0.25) is 0 Å². The van der Waals surface area contributed by atoms with Gasteiger partial charge in [0.25, 0.3) is 0 Å². The first-order valence-corrected chi connectivity index (χ1v) is 23.7. The molecule has 68 heavy (non-hydrogen) atoms. The summed E-state index contributed by atoms with van der Waals surface area (Å²) in [5.41, 5.74) is 22.8. The molecule has 0 amide bonds. The zero-order valence-electron chi connectivity index (χ0n) is 38.3. The SMILES string of the molecule is CC1(C)c2cc(-c3ccccc3)ccc2-c2ccc(N(c3ccc(-c4ccc(-c5cccc6ccccc56)cc4)cc3)c3cccc(-c4ccccc4)c3-c3ccccc3-c3ccccc3)cc21. The second-order valence-electron chi connectivity index (χ2n) is 18.4. The maximum Gasteiger partial charge on any atom is 0.0546 e. The molecule has 0 spiro atoms. The number of rotatable bonds is 9. The Labute approximate surface area is 399 Å². The van der Waals surface area contributed by atoms with Gasteiger partial charge in [-0.2, -0.15) is 0 Å². The first-order valence-electron chi connectivity index (χ1n) is 23.7. The zero-order valence-corrected chi connectivity index (χ0v) is 38.3. The van der Waals surface area contributed by atoms with E-state index in [1.807, 2.05) is 0 Å². The van der Waals surface area contributed by atoms with E-state index in [1.165, 1.54) is 99.8 Å². The van der Waals surface area contributed by atoms with E-state index in [9.17, 15) is 0 Å². The molecule has 1 aliphatic rings. The minimum atomic E-state index is -0.228. The second kappa shape index (κ2) is 17.0. The Bertz CT molecular complexity index is 3600. The summed E-state index contributed by atoms with van der Waals surface area (Å²) in [5, 5.41) is 2.52. The van der Waals surface area contributed by atoms with Crippen molar-refractivity contribution in [2.45, 2.75) is 19.3 Å². The second-order valence-corrected chi connectivity index (χ2v) is 18.4. The first kappa shape index (κ1) is 40.9. The number of benzene rings is 11. The van der Waals surface area contributed by atoms with Crippen molar-refractivity contribution < 1.29 is 0 Å². The minimum Gasteiger partial charge on any atom is -0.310 e. The average Bonchev–Trinajstić information content (AvgIpc) is 3.64. The zero-order chi connectivity index (χ0) is 45.6. The molecule has 1 aliphatic carbocycles. The first-order chi connectivity index (χ1) is 33.5. The number of hydrogen-bond donors (Lipinski definition) is 0. The van der Waals surface area contributed by atoms with Gasteiger partial charge in [-0.15, -0.1) is 0 Å². The lowest BCUT2D eigenvalue weighted by Crippen LogP contribution is -2.17. The normalized spacial score (nSPS) is 12.4. The summed E-state index contributed by atoms with van der Waals surface area (Å²) in [4.78, 5) is 2.49. The van der Waals surface area contributed by atoms with Crippen molar-refractivity contribution in [3.8, 4) is 77.9 Å². The van der Waals surface area contributed by atoms with Crippen molar-refractivity contribution in [3.05, 3.63) is 272 Å². The molecule has 322 valence electrons. The van der Waals surface area contributed by atoms with Crippen LogP contribution in [0.15, 0.2) is 261 Å². The van der Waals surface area contributed by atoms with E-state index in [0.717, 1.165) is 17.1 Å². The smallest absolute Gasteiger partial charge is 0.0546 e. The average molecular weight is 868 g/mol. The van der Waals surface area contributed by atoms with Gasteiger partial charge in [-0.25, -0.2) is 0 Å². The summed E-state index contributed by atoms with van der Waals surface area (Å²) in [7, 11) is 0. The molecule has 1 nitrogen and oxygen atoms in total. The molecule has 1 heteroatoms. The van der Waals surface area contributed by atoms with E-state index >= 15 is 0 Å². The molecule has 0 fully saturated rings. The molecule has 0 bridgehead atoms. The lowest BCUT2D eigenvalue weighted by molar-refractivity contribution is 0.660. The third kappa shape index (κ3) is 7.21. The van der Waals surface area contributed by atoms with Crippen LogP contribution in [0.4, 0.5) is 17.1 Å². The summed E-state index contributed by atoms with van der Waals surface area (Å²) in [6.45, 7) is 4.77. The Morgan fingerprint density at radius 1 is 0.279 bits per heavy atom. The van der Waals surface area contributed by atoms with Crippen LogP contribution in [-0.2, 0) is 5.41 Å². The van der Waals surface area contributed by atoms with Gasteiger partial charge >= 0.3 is 0 Å². The van der Waals surface area contributed by atoms with Crippen LogP contribution in [0.1, 0.15) is 25.0 Å². The highest BCUT2D eigenvalue weighted by molar-refractivity contribution is 6.02. The maximum atomic E-state index is 2.49. The highest BCUT2D eigenvalue weighted by Gasteiger charge is 2.36. The van der Waals surface area contributed by atoms with Crippen LogP contribution in [0.25, 0.3) is 88.7 Å². The lowest BCUT2D eigenvalue weighted by atomic mass is 9.81. The van der Waals surface area contributed by atoms with Gasteiger partial charge in [0.1, 0.15) is 0 Å². The number of fused-ring (bicyclic) bond motifs is 4. The molecule has 0 aliphatic heterocycles. The van der Waals surface area contributed by atoms with E-state index in [2.05, 4.69) is 280 Å². The van der Waals surface area contributed by atoms with Crippen molar-refractivity contribution >= 4 is 27.8 Å². The summed E-state index contributed by atoms with van der Waals surface area (Å²) in [6.07, 6.45) is 0. The van der Waals surface area contributed by atoms with Crippen molar-refractivity contribution in [3.63, 3.8) is 0 Å². The highest BCUT2D eigenvalue weighted by Crippen LogP contribution is 2.53. The predicted molar refractivity (Wildman–Crippen MR) is 289 cm³/mol. The molecule has 12 rings (SSSR count). The lowest BCUT2D eigenvalue weighted by Gasteiger charge is -2.31. The Hall–Kier alpha value is -8.52. The summed E-state index contributed by atoms with van der Waals surface area (Å²) in [5.74, 6) is 0. The van der Waals surface area contributed by atoms with Crippen LogP contribution < -0.4 is 4.90 Å². The van der Waals surface area contributed by atoms with Crippen LogP contribution in [0.5, 0.6) is 0 Å². The Morgan fingerprint density at radius 3 is 1.43 bits per heavy atom. The molecule has 0 atom stereocenters. The molecular formula is C67H49N. The van der Waals surface area contributed by atoms with Gasteiger partial charge in [-0.05, 0) is 131 Å². The maximum absolute atomic E-state index is 2.49. The number of hydrogen-bond acceptors (Lipinski definition) is 1. The van der Waals surface area contributed by atoms with Gasteiger partial charge in [0.05, 0.1) is 5.69 Å². The number of nitrogens with zero attached hydrogens (tertiary/aromatic N) is 1. The van der Waals surface area contributed by atoms with Gasteiger partial charge in [0, 0.05) is 22.4 Å². The Kier molecular flexibility index (Phi) is 10.3. The third-order valence-electron chi connectivity index (χ3n) is 14.1. The van der Waals surface area contributed by atoms with E-state index < -0.39 is 0 Å². The Morgan fingerprint density at radius 2 is 0.721 bits per heavy atom. The topological polar surface area (TPSA) is 3.24 Å². The molecule has 0 N–H and O–H groups in total. The third-order valence-corrected chi connectivity index (χ3v) is 14.1. The standard InChI is InChI=1S/C67H49N/c1-67(2)63-44-53(46-18-6-3-7-19-46)38-42-60(63)61-43-41-55(45-64(61)67)68(54-39-36-48(37-40-54)47-32-34-52(35-33-47)57-29-16-25-50-24-12-13-26-56(50)57)65-31-17-30-59(51-22-10-5-11-23-51)66(65)62-28-15-14-27-58(62)49-20-8-4-9-21-49/h3-45H,1-2H3. The summed E-state index contributed by atoms with van der Waals surface area (Å²) < 4.78 is 0. The van der Waals surface area contributed by atoms with Crippen molar-refractivity contribution in [1.29, 1.82) is 0 Å². The Balaban J connectivity index is 1.03. The molecule has 0 aromatic heterocycles. The van der Waals surface area contributed by atoms with Gasteiger partial charge < -0.3 is 4.90 Å². The molecule has 0 heterocycles. The van der Waals surface area contributed by atoms with Gasteiger partial charge in [0.15, 0.2) is 0 Å². The number of anilines is 3. The van der Waals surface area contributed by atoms with E-state index in [0.29, 0.717) is 0 Å². The van der Waals surface area contributed by atoms with Gasteiger partial charge in [-0.1, -0.05) is 238 Å². The van der Waals surface area contributed by atoms with Crippen molar-refractivity contribution in [1.82, 2.24) is 0 Å². The predicted octanol–water partition coefficient (Wildman–Crippen LogP) is 18.6. The molecule has 0 saturated carbocycles. The van der Waals surface area contributed by atoms with E-state index in [1.54, 1.807) is 0 Å². The van der Waals surface area contributed by atoms with Gasteiger partial charge in [-0.3, -0.25) is 0 Å². The molecule has 0 unspecified atom stereocenters. The van der Waals surface area contributed by atoms with Crippen LogP contribution >= 0.6 is 0 Å². The van der Waals surface area contributed by atoms with Gasteiger partial charge in [0.2, 0.25) is 0 Å². The van der Waals surface area contributed by atoms with Crippen LogP contribution in [0, 0.1) is 0 Å². The molecule has 11 aromatic carbocycles. The van der Waals surface area contributed by atoms with Crippen LogP contribution in [-0.4, -0.2) is 0 Å². The summed E-state index contributed by atoms with van der Waals surface area (Å²) in [6, 6.07) is 95.7. The monoisotopic (exact) mass is 867 g/mol. The fourth-order valence-corrected chi connectivity index (χ4v) is 10.7. The van der Waals surface area contributed by atoms with E-state index in [-0.39, 0.29) is 5.41 Å². The quantitative estimate of drug-likeness (QED) is 0.140. The van der Waals surface area contributed by atoms with E-state index in [4.69, 9.17) is 0 Å². The molecule has 11 aromatic rings. The highest BCUT2D eigenvalue weighted by atomic mass is 15.1. The fraction of sp³-hybridized carbons (Fsp3) is 0.0448. The molecular weight excluding hydrogens is 819 g/mol. The van der Waals surface area contributed by atoms with Crippen molar-refractivity contribution in [2.24, 2.45) is 0 Å². The fourth-order valence-electron chi connectivity index (χ4n) is 10.7.